The SMILES string of the molecule is CCOc1ccc(/C=C/C(=O)OCC(=O)N[C@@H]2CCS(=O)(=O)C2)cc1OCC. The Hall–Kier alpha value is -2.55. The van der Waals surface area contributed by atoms with E-state index < -0.39 is 34.4 Å². The minimum absolute atomic E-state index is 0.0618. The summed E-state index contributed by atoms with van der Waals surface area (Å²) in [4.78, 5) is 23.6. The minimum atomic E-state index is -3.08. The third kappa shape index (κ3) is 6.88. The molecule has 9 heteroatoms. The van der Waals surface area contributed by atoms with Crippen LogP contribution in [0.5, 0.6) is 11.5 Å². The average Bonchev–Trinajstić information content (AvgIpc) is 2.98. The first kappa shape index (κ1) is 21.7. The molecule has 28 heavy (non-hydrogen) atoms. The summed E-state index contributed by atoms with van der Waals surface area (Å²) in [6.07, 6.45) is 3.13. The molecular weight excluding hydrogens is 386 g/mol. The van der Waals surface area contributed by atoms with E-state index in [1.807, 2.05) is 13.8 Å². The summed E-state index contributed by atoms with van der Waals surface area (Å²) in [5, 5.41) is 2.55. The fourth-order valence-corrected chi connectivity index (χ4v) is 4.37. The highest BCUT2D eigenvalue weighted by molar-refractivity contribution is 7.91. The van der Waals surface area contributed by atoms with Crippen molar-refractivity contribution in [3.05, 3.63) is 29.8 Å². The summed E-state index contributed by atoms with van der Waals surface area (Å²) in [6.45, 7) is 4.26. The second kappa shape index (κ2) is 10.1. The van der Waals surface area contributed by atoms with Crippen LogP contribution in [-0.2, 0) is 24.2 Å². The largest absolute Gasteiger partial charge is 0.490 e. The number of nitrogens with one attached hydrogen (secondary N) is 1. The second-order valence-electron chi connectivity index (χ2n) is 6.18. The zero-order chi connectivity index (χ0) is 20.6. The molecule has 1 aliphatic heterocycles. The molecule has 0 saturated carbocycles. The molecule has 1 fully saturated rings. The van der Waals surface area contributed by atoms with E-state index in [-0.39, 0.29) is 11.5 Å². The van der Waals surface area contributed by atoms with E-state index >= 15 is 0 Å². The summed E-state index contributed by atoms with van der Waals surface area (Å²) in [7, 11) is -3.08. The number of esters is 1. The summed E-state index contributed by atoms with van der Waals surface area (Å²) in [6, 6.07) is 4.84. The molecule has 154 valence electrons. The van der Waals surface area contributed by atoms with Crippen LogP contribution in [0.1, 0.15) is 25.8 Å². The lowest BCUT2D eigenvalue weighted by Gasteiger charge is -2.11. The summed E-state index contributed by atoms with van der Waals surface area (Å²) >= 11 is 0. The first-order valence-electron chi connectivity index (χ1n) is 9.07. The molecule has 1 aromatic carbocycles. The number of rotatable bonds is 9. The van der Waals surface area contributed by atoms with Crippen LogP contribution in [-0.4, -0.2) is 57.7 Å². The van der Waals surface area contributed by atoms with Crippen molar-refractivity contribution >= 4 is 27.8 Å². The van der Waals surface area contributed by atoms with E-state index in [1.54, 1.807) is 24.3 Å². The van der Waals surface area contributed by atoms with Crippen LogP contribution in [0.15, 0.2) is 24.3 Å². The molecule has 2 rings (SSSR count). The number of hydrogen-bond donors (Lipinski definition) is 1. The van der Waals surface area contributed by atoms with Gasteiger partial charge in [0.05, 0.1) is 24.7 Å². The Morgan fingerprint density at radius 1 is 1.18 bits per heavy atom. The van der Waals surface area contributed by atoms with Gasteiger partial charge in [0, 0.05) is 12.1 Å². The first-order chi connectivity index (χ1) is 13.3. The first-order valence-corrected chi connectivity index (χ1v) is 10.9. The van der Waals surface area contributed by atoms with Crippen LogP contribution in [0.2, 0.25) is 0 Å². The summed E-state index contributed by atoms with van der Waals surface area (Å²) in [5.74, 6) is -0.0243. The maximum absolute atomic E-state index is 11.8. The fraction of sp³-hybridized carbons (Fsp3) is 0.474. The van der Waals surface area contributed by atoms with Crippen LogP contribution in [0, 0.1) is 0 Å². The highest BCUT2D eigenvalue weighted by atomic mass is 32.2. The Bertz CT molecular complexity index is 833. The smallest absolute Gasteiger partial charge is 0.331 e. The van der Waals surface area contributed by atoms with Crippen molar-refractivity contribution < 1.29 is 32.2 Å². The van der Waals surface area contributed by atoms with Gasteiger partial charge < -0.3 is 19.5 Å². The number of ether oxygens (including phenoxy) is 3. The molecule has 1 amide bonds. The molecule has 0 radical (unpaired) electrons. The van der Waals surface area contributed by atoms with Crippen molar-refractivity contribution in [1.29, 1.82) is 0 Å². The van der Waals surface area contributed by atoms with Crippen LogP contribution >= 0.6 is 0 Å². The normalized spacial score (nSPS) is 18.0. The maximum atomic E-state index is 11.8. The van der Waals surface area contributed by atoms with Crippen molar-refractivity contribution in [3.8, 4) is 11.5 Å². The Balaban J connectivity index is 1.84. The molecule has 0 bridgehead atoms. The van der Waals surface area contributed by atoms with Crippen LogP contribution in [0.3, 0.4) is 0 Å². The molecule has 1 saturated heterocycles. The van der Waals surface area contributed by atoms with Crippen molar-refractivity contribution in [2.75, 3.05) is 31.3 Å². The Labute approximate surface area is 164 Å². The second-order valence-corrected chi connectivity index (χ2v) is 8.41. The molecule has 1 heterocycles. The van der Waals surface area contributed by atoms with E-state index in [2.05, 4.69) is 5.32 Å². The summed E-state index contributed by atoms with van der Waals surface area (Å²) in [5.41, 5.74) is 0.712. The standard InChI is InChI=1S/C19H25NO7S/c1-3-25-16-7-5-14(11-17(16)26-4-2)6-8-19(22)27-12-18(21)20-15-9-10-28(23,24)13-15/h5-8,11,15H,3-4,9-10,12-13H2,1-2H3,(H,20,21)/b8-6+/t15-/m1/s1. The molecule has 1 N–H and O–H groups in total. The third-order valence-corrected chi connectivity index (χ3v) is 5.69. The highest BCUT2D eigenvalue weighted by Gasteiger charge is 2.28. The van der Waals surface area contributed by atoms with Gasteiger partial charge >= 0.3 is 5.97 Å². The van der Waals surface area contributed by atoms with E-state index in [1.165, 1.54) is 6.08 Å². The number of carbonyl (C=O) groups is 2. The Kier molecular flexibility index (Phi) is 7.86. The monoisotopic (exact) mass is 411 g/mol. The van der Waals surface area contributed by atoms with E-state index in [9.17, 15) is 18.0 Å². The van der Waals surface area contributed by atoms with Crippen molar-refractivity contribution in [1.82, 2.24) is 5.32 Å². The lowest BCUT2D eigenvalue weighted by molar-refractivity contribution is -0.143. The van der Waals surface area contributed by atoms with E-state index in [0.29, 0.717) is 36.7 Å². The Morgan fingerprint density at radius 2 is 1.89 bits per heavy atom. The predicted octanol–water partition coefficient (Wildman–Crippen LogP) is 1.34. The van der Waals surface area contributed by atoms with E-state index in [4.69, 9.17) is 14.2 Å². The summed E-state index contributed by atoms with van der Waals surface area (Å²) < 4.78 is 38.6. The van der Waals surface area contributed by atoms with Gasteiger partial charge in [-0.15, -0.1) is 0 Å². The molecule has 8 nitrogen and oxygen atoms in total. The molecule has 0 aliphatic carbocycles. The number of carbonyl (C=O) groups excluding carboxylic acids is 2. The lowest BCUT2D eigenvalue weighted by Crippen LogP contribution is -2.38. The van der Waals surface area contributed by atoms with Gasteiger partial charge in [-0.25, -0.2) is 13.2 Å². The van der Waals surface area contributed by atoms with Crippen LogP contribution in [0.25, 0.3) is 6.08 Å². The van der Waals surface area contributed by atoms with Crippen LogP contribution in [0.4, 0.5) is 0 Å². The molecule has 1 aliphatic rings. The molecule has 0 unspecified atom stereocenters. The van der Waals surface area contributed by atoms with Crippen LogP contribution < -0.4 is 14.8 Å². The van der Waals surface area contributed by atoms with Crippen molar-refractivity contribution in [2.45, 2.75) is 26.3 Å². The third-order valence-electron chi connectivity index (χ3n) is 3.92. The fourth-order valence-electron chi connectivity index (χ4n) is 2.70. The van der Waals surface area contributed by atoms with Gasteiger partial charge in [0.15, 0.2) is 27.9 Å². The topological polar surface area (TPSA) is 108 Å². The molecule has 0 spiro atoms. The highest BCUT2D eigenvalue weighted by Crippen LogP contribution is 2.29. The average molecular weight is 411 g/mol. The van der Waals surface area contributed by atoms with Gasteiger partial charge in [-0.2, -0.15) is 0 Å². The zero-order valence-electron chi connectivity index (χ0n) is 16.0. The number of sulfone groups is 1. The van der Waals surface area contributed by atoms with Gasteiger partial charge in [-0.1, -0.05) is 6.07 Å². The van der Waals surface area contributed by atoms with Gasteiger partial charge in [-0.05, 0) is 44.0 Å². The lowest BCUT2D eigenvalue weighted by atomic mass is 10.2. The number of hydrogen-bond acceptors (Lipinski definition) is 7. The van der Waals surface area contributed by atoms with Crippen molar-refractivity contribution in [2.24, 2.45) is 0 Å². The molecule has 1 aromatic rings. The number of benzene rings is 1. The van der Waals surface area contributed by atoms with Gasteiger partial charge in [0.25, 0.3) is 5.91 Å². The zero-order valence-corrected chi connectivity index (χ0v) is 16.8. The van der Waals surface area contributed by atoms with E-state index in [0.717, 1.165) is 0 Å². The number of amides is 1. The Morgan fingerprint density at radius 3 is 2.54 bits per heavy atom. The maximum Gasteiger partial charge on any atom is 0.331 e. The van der Waals surface area contributed by atoms with Gasteiger partial charge in [-0.3, -0.25) is 4.79 Å². The van der Waals surface area contributed by atoms with Gasteiger partial charge in [0.2, 0.25) is 0 Å². The minimum Gasteiger partial charge on any atom is -0.490 e. The predicted molar refractivity (Wildman–Crippen MR) is 104 cm³/mol. The van der Waals surface area contributed by atoms with Crippen molar-refractivity contribution in [3.63, 3.8) is 0 Å². The molecule has 0 aromatic heterocycles. The quantitative estimate of drug-likeness (QED) is 0.483. The molecular formula is C19H25NO7S. The molecule has 1 atom stereocenters. The van der Waals surface area contributed by atoms with Gasteiger partial charge in [0.1, 0.15) is 0 Å².